The van der Waals surface area contributed by atoms with Crippen molar-refractivity contribution in [2.75, 3.05) is 6.54 Å². The second kappa shape index (κ2) is 10.2. The van der Waals surface area contributed by atoms with Crippen LogP contribution in [0.4, 0.5) is 0 Å². The molecule has 5 heteroatoms. The molecule has 152 valence electrons. The van der Waals surface area contributed by atoms with Crippen molar-refractivity contribution in [3.8, 4) is 0 Å². The summed E-state index contributed by atoms with van der Waals surface area (Å²) in [6.07, 6.45) is -0.219. The van der Waals surface area contributed by atoms with E-state index >= 15 is 0 Å². The number of carbonyl (C=O) groups is 3. The predicted molar refractivity (Wildman–Crippen MR) is 114 cm³/mol. The summed E-state index contributed by atoms with van der Waals surface area (Å²) < 4.78 is 5.25. The van der Waals surface area contributed by atoms with E-state index in [4.69, 9.17) is 4.74 Å². The molecule has 0 aliphatic carbocycles. The van der Waals surface area contributed by atoms with Gasteiger partial charge in [0.05, 0.1) is 5.56 Å². The van der Waals surface area contributed by atoms with Gasteiger partial charge in [0.2, 0.25) is 0 Å². The number of carbonyl (C=O) groups excluding carboxylic acids is 3. The van der Waals surface area contributed by atoms with Crippen LogP contribution < -0.4 is 5.32 Å². The lowest BCUT2D eigenvalue weighted by molar-refractivity contribution is -0.129. The Morgan fingerprint density at radius 3 is 1.93 bits per heavy atom. The van der Waals surface area contributed by atoms with E-state index in [2.05, 4.69) is 5.32 Å². The quantitative estimate of drug-likeness (QED) is 0.460. The van der Waals surface area contributed by atoms with Gasteiger partial charge in [0.1, 0.15) is 0 Å². The van der Waals surface area contributed by atoms with Gasteiger partial charge in [-0.05, 0) is 31.0 Å². The topological polar surface area (TPSA) is 72.5 Å². The molecule has 0 aliphatic heterocycles. The van der Waals surface area contributed by atoms with Crippen LogP contribution in [-0.2, 0) is 16.0 Å². The molecule has 5 nitrogen and oxygen atoms in total. The maximum Gasteiger partial charge on any atom is 0.338 e. The van der Waals surface area contributed by atoms with Crippen LogP contribution in [0.2, 0.25) is 0 Å². The summed E-state index contributed by atoms with van der Waals surface area (Å²) in [4.78, 5) is 36.9. The van der Waals surface area contributed by atoms with E-state index in [-0.39, 0.29) is 17.3 Å². The van der Waals surface area contributed by atoms with Crippen molar-refractivity contribution in [2.24, 2.45) is 0 Å². The number of hydrogen-bond acceptors (Lipinski definition) is 4. The SMILES string of the molecule is C[C@H](OC(=O)c1ccc(C(=O)c2ccccc2)cc1)C(=O)NCCc1ccccc1. The van der Waals surface area contributed by atoms with Crippen molar-refractivity contribution in [1.82, 2.24) is 5.32 Å². The normalized spacial score (nSPS) is 11.4. The Labute approximate surface area is 175 Å². The largest absolute Gasteiger partial charge is 0.449 e. The maximum absolute atomic E-state index is 12.4. The molecule has 3 aromatic carbocycles. The minimum absolute atomic E-state index is 0.123. The monoisotopic (exact) mass is 401 g/mol. The van der Waals surface area contributed by atoms with Crippen molar-refractivity contribution in [3.63, 3.8) is 0 Å². The molecule has 0 fully saturated rings. The van der Waals surface area contributed by atoms with Gasteiger partial charge in [-0.3, -0.25) is 9.59 Å². The van der Waals surface area contributed by atoms with E-state index in [0.717, 1.165) is 5.56 Å². The minimum Gasteiger partial charge on any atom is -0.449 e. The number of ether oxygens (including phenoxy) is 1. The van der Waals surface area contributed by atoms with Gasteiger partial charge in [-0.1, -0.05) is 72.8 Å². The Balaban J connectivity index is 1.51. The van der Waals surface area contributed by atoms with Crippen molar-refractivity contribution in [1.29, 1.82) is 0 Å². The van der Waals surface area contributed by atoms with Gasteiger partial charge in [-0.25, -0.2) is 4.79 Å². The number of amides is 1. The molecule has 30 heavy (non-hydrogen) atoms. The number of esters is 1. The second-order valence-electron chi connectivity index (χ2n) is 6.85. The molecule has 0 aromatic heterocycles. The summed E-state index contributed by atoms with van der Waals surface area (Å²) in [6.45, 7) is 1.99. The number of benzene rings is 3. The molecule has 0 heterocycles. The molecular weight excluding hydrogens is 378 g/mol. The van der Waals surface area contributed by atoms with Crippen LogP contribution in [0.25, 0.3) is 0 Å². The summed E-state index contributed by atoms with van der Waals surface area (Å²) in [6, 6.07) is 24.9. The van der Waals surface area contributed by atoms with Gasteiger partial charge in [-0.2, -0.15) is 0 Å². The molecule has 0 aliphatic rings. The van der Waals surface area contributed by atoms with Gasteiger partial charge in [0.25, 0.3) is 5.91 Å². The summed E-state index contributed by atoms with van der Waals surface area (Å²) in [7, 11) is 0. The number of nitrogens with one attached hydrogen (secondary N) is 1. The summed E-state index contributed by atoms with van der Waals surface area (Å²) >= 11 is 0. The van der Waals surface area contributed by atoms with E-state index in [1.54, 1.807) is 36.4 Å². The van der Waals surface area contributed by atoms with Crippen molar-refractivity contribution in [3.05, 3.63) is 107 Å². The zero-order chi connectivity index (χ0) is 21.3. The molecule has 0 radical (unpaired) electrons. The van der Waals surface area contributed by atoms with Crippen molar-refractivity contribution in [2.45, 2.75) is 19.4 Å². The van der Waals surface area contributed by atoms with Crippen LogP contribution in [0.3, 0.4) is 0 Å². The maximum atomic E-state index is 12.4. The highest BCUT2D eigenvalue weighted by Crippen LogP contribution is 2.12. The Kier molecular flexibility index (Phi) is 7.11. The third-order valence-electron chi connectivity index (χ3n) is 4.63. The standard InChI is InChI=1S/C25H23NO4/c1-18(24(28)26-17-16-19-8-4-2-5-9-19)30-25(29)22-14-12-21(13-15-22)23(27)20-10-6-3-7-11-20/h2-15,18H,16-17H2,1H3,(H,26,28)/t18-/m0/s1. The van der Waals surface area contributed by atoms with Crippen LogP contribution in [0.15, 0.2) is 84.9 Å². The van der Waals surface area contributed by atoms with Crippen molar-refractivity contribution < 1.29 is 19.1 Å². The van der Waals surface area contributed by atoms with Crippen LogP contribution >= 0.6 is 0 Å². The Bertz CT molecular complexity index is 998. The van der Waals surface area contributed by atoms with E-state index in [9.17, 15) is 14.4 Å². The summed E-state index contributed by atoms with van der Waals surface area (Å²) in [5.41, 5.74) is 2.45. The molecule has 0 saturated carbocycles. The zero-order valence-electron chi connectivity index (χ0n) is 16.7. The first kappa shape index (κ1) is 21.0. The first-order valence-corrected chi connectivity index (χ1v) is 9.77. The lowest BCUT2D eigenvalue weighted by atomic mass is 10.0. The summed E-state index contributed by atoms with van der Waals surface area (Å²) in [5.74, 6) is -1.09. The molecule has 3 aromatic rings. The number of hydrogen-bond donors (Lipinski definition) is 1. The minimum atomic E-state index is -0.918. The Morgan fingerprint density at radius 1 is 0.767 bits per heavy atom. The van der Waals surface area contributed by atoms with Crippen LogP contribution in [0.5, 0.6) is 0 Å². The number of rotatable bonds is 8. The Hall–Kier alpha value is -3.73. The number of ketones is 1. The molecule has 3 rings (SSSR count). The third-order valence-corrected chi connectivity index (χ3v) is 4.63. The molecule has 0 saturated heterocycles. The highest BCUT2D eigenvalue weighted by atomic mass is 16.5. The van der Waals surface area contributed by atoms with Crippen molar-refractivity contribution >= 4 is 17.7 Å². The van der Waals surface area contributed by atoms with Gasteiger partial charge < -0.3 is 10.1 Å². The fourth-order valence-electron chi connectivity index (χ4n) is 2.91. The van der Waals surface area contributed by atoms with Crippen LogP contribution in [0, 0.1) is 0 Å². The van der Waals surface area contributed by atoms with E-state index in [0.29, 0.717) is 24.1 Å². The predicted octanol–water partition coefficient (Wildman–Crippen LogP) is 3.82. The lowest BCUT2D eigenvalue weighted by Crippen LogP contribution is -2.36. The third kappa shape index (κ3) is 5.64. The molecular formula is C25H23NO4. The average molecular weight is 401 g/mol. The van der Waals surface area contributed by atoms with Crippen LogP contribution in [0.1, 0.15) is 38.8 Å². The molecule has 1 amide bonds. The first-order valence-electron chi connectivity index (χ1n) is 9.77. The van der Waals surface area contributed by atoms with Gasteiger partial charge in [0, 0.05) is 17.7 Å². The van der Waals surface area contributed by atoms with E-state index in [1.165, 1.54) is 19.1 Å². The second-order valence-corrected chi connectivity index (χ2v) is 6.85. The van der Waals surface area contributed by atoms with E-state index in [1.807, 2.05) is 36.4 Å². The fraction of sp³-hybridized carbons (Fsp3) is 0.160. The van der Waals surface area contributed by atoms with Gasteiger partial charge >= 0.3 is 5.97 Å². The van der Waals surface area contributed by atoms with Gasteiger partial charge in [-0.15, -0.1) is 0 Å². The highest BCUT2D eigenvalue weighted by molar-refractivity contribution is 6.09. The smallest absolute Gasteiger partial charge is 0.338 e. The van der Waals surface area contributed by atoms with Gasteiger partial charge in [0.15, 0.2) is 11.9 Å². The molecule has 0 spiro atoms. The summed E-state index contributed by atoms with van der Waals surface area (Å²) in [5, 5.41) is 2.77. The molecule has 1 atom stereocenters. The molecule has 0 unspecified atom stereocenters. The highest BCUT2D eigenvalue weighted by Gasteiger charge is 2.19. The molecule has 1 N–H and O–H groups in total. The van der Waals surface area contributed by atoms with Crippen LogP contribution in [-0.4, -0.2) is 30.3 Å². The average Bonchev–Trinajstić information content (AvgIpc) is 2.79. The zero-order valence-corrected chi connectivity index (χ0v) is 16.7. The Morgan fingerprint density at radius 2 is 1.30 bits per heavy atom. The molecule has 0 bridgehead atoms. The lowest BCUT2D eigenvalue weighted by Gasteiger charge is -2.13. The fourth-order valence-corrected chi connectivity index (χ4v) is 2.91. The first-order chi connectivity index (χ1) is 14.5. The van der Waals surface area contributed by atoms with E-state index < -0.39 is 12.1 Å².